The lowest BCUT2D eigenvalue weighted by molar-refractivity contribution is -0.134. The maximum absolute atomic E-state index is 12.2. The Labute approximate surface area is 262 Å². The average molecular weight is 623 g/mol. The van der Waals surface area contributed by atoms with Gasteiger partial charge in [0.15, 0.2) is 16.6 Å². The molecule has 7 rings (SSSR count). The van der Waals surface area contributed by atoms with Crippen molar-refractivity contribution in [2.45, 2.75) is 18.9 Å². The van der Waals surface area contributed by atoms with E-state index in [1.165, 1.54) is 23.7 Å². The van der Waals surface area contributed by atoms with Gasteiger partial charge in [0.25, 0.3) is 0 Å². The molecule has 2 fully saturated rings. The molecule has 0 atom stereocenters. The van der Waals surface area contributed by atoms with Crippen molar-refractivity contribution in [3.8, 4) is 28.4 Å². The van der Waals surface area contributed by atoms with Gasteiger partial charge in [-0.2, -0.15) is 0 Å². The first kappa shape index (κ1) is 28.5. The molecule has 228 valence electrons. The zero-order valence-corrected chi connectivity index (χ0v) is 25.5. The van der Waals surface area contributed by atoms with E-state index < -0.39 is 0 Å². The van der Waals surface area contributed by atoms with Crippen LogP contribution in [-0.4, -0.2) is 65.1 Å². The number of ether oxygens (including phenoxy) is 3. The molecule has 45 heavy (non-hydrogen) atoms. The number of amides is 2. The van der Waals surface area contributed by atoms with Crippen molar-refractivity contribution in [1.82, 2.24) is 19.9 Å². The molecule has 1 aliphatic carbocycles. The maximum atomic E-state index is 12.2. The van der Waals surface area contributed by atoms with Gasteiger partial charge in [-0.1, -0.05) is 30.0 Å². The summed E-state index contributed by atoms with van der Waals surface area (Å²) in [7, 11) is 3.20. The first-order valence-electron chi connectivity index (χ1n) is 14.5. The van der Waals surface area contributed by atoms with E-state index in [4.69, 9.17) is 14.2 Å². The highest BCUT2D eigenvalue weighted by Gasteiger charge is 2.32. The van der Waals surface area contributed by atoms with Crippen LogP contribution < -0.4 is 24.8 Å². The number of carbonyl (C=O) groups is 2. The third kappa shape index (κ3) is 5.72. The molecule has 11 nitrogen and oxygen atoms in total. The minimum atomic E-state index is -0.167. The SMILES string of the molecule is C=CC(=O)N1CC(Oc2cc3c(Nc4cc(-c5ccc6nc(NC(=O)C7CC7)sc6c5)ccc4OC)ncnc3cc2OC)C1. The molecular weight excluding hydrogens is 592 g/mol. The van der Waals surface area contributed by atoms with Gasteiger partial charge in [0.2, 0.25) is 11.8 Å². The summed E-state index contributed by atoms with van der Waals surface area (Å²) in [6.45, 7) is 4.48. The molecule has 0 radical (unpaired) electrons. The van der Waals surface area contributed by atoms with Crippen LogP contribution in [0.15, 0.2) is 67.5 Å². The number of thiazole rings is 1. The minimum Gasteiger partial charge on any atom is -0.495 e. The van der Waals surface area contributed by atoms with Crippen molar-refractivity contribution in [2.24, 2.45) is 5.92 Å². The number of hydrogen-bond donors (Lipinski definition) is 2. The summed E-state index contributed by atoms with van der Waals surface area (Å²) in [5, 5.41) is 7.73. The van der Waals surface area contributed by atoms with Gasteiger partial charge in [-0.3, -0.25) is 9.59 Å². The number of methoxy groups -OCH3 is 2. The van der Waals surface area contributed by atoms with Gasteiger partial charge in [0.05, 0.1) is 48.7 Å². The van der Waals surface area contributed by atoms with Gasteiger partial charge < -0.3 is 29.7 Å². The van der Waals surface area contributed by atoms with Crippen LogP contribution in [0.25, 0.3) is 32.2 Å². The number of benzene rings is 3. The number of carbonyl (C=O) groups excluding carboxylic acids is 2. The van der Waals surface area contributed by atoms with Gasteiger partial charge in [0, 0.05) is 17.4 Å². The predicted octanol–water partition coefficient (Wildman–Crippen LogP) is 5.79. The van der Waals surface area contributed by atoms with E-state index >= 15 is 0 Å². The molecule has 3 heterocycles. The third-order valence-corrected chi connectivity index (χ3v) is 8.83. The van der Waals surface area contributed by atoms with Crippen LogP contribution in [0.3, 0.4) is 0 Å². The Hall–Kier alpha value is -5.23. The summed E-state index contributed by atoms with van der Waals surface area (Å²) >= 11 is 1.47. The smallest absolute Gasteiger partial charge is 0.246 e. The van der Waals surface area contributed by atoms with Crippen molar-refractivity contribution in [3.63, 3.8) is 0 Å². The van der Waals surface area contributed by atoms with Crippen molar-refractivity contribution in [2.75, 3.05) is 37.9 Å². The zero-order chi connectivity index (χ0) is 31.1. The monoisotopic (exact) mass is 622 g/mol. The minimum absolute atomic E-state index is 0.0456. The first-order valence-corrected chi connectivity index (χ1v) is 15.3. The molecule has 3 aromatic carbocycles. The second kappa shape index (κ2) is 11.7. The van der Waals surface area contributed by atoms with E-state index in [1.807, 2.05) is 42.5 Å². The van der Waals surface area contributed by atoms with E-state index in [-0.39, 0.29) is 23.8 Å². The highest BCUT2D eigenvalue weighted by atomic mass is 32.1. The lowest BCUT2D eigenvalue weighted by atomic mass is 10.0. The predicted molar refractivity (Wildman–Crippen MR) is 174 cm³/mol. The molecule has 1 saturated heterocycles. The molecule has 2 aliphatic rings. The van der Waals surface area contributed by atoms with Crippen LogP contribution in [0.1, 0.15) is 12.8 Å². The second-order valence-electron chi connectivity index (χ2n) is 10.9. The summed E-state index contributed by atoms with van der Waals surface area (Å²) in [4.78, 5) is 39.3. The first-order chi connectivity index (χ1) is 21.9. The number of rotatable bonds is 10. The molecule has 0 spiro atoms. The van der Waals surface area contributed by atoms with Crippen LogP contribution in [0.5, 0.6) is 17.2 Å². The number of aromatic nitrogens is 3. The maximum Gasteiger partial charge on any atom is 0.246 e. The fourth-order valence-electron chi connectivity index (χ4n) is 5.24. The fraction of sp³-hybridized carbons (Fsp3) is 0.242. The molecule has 2 N–H and O–H groups in total. The Morgan fingerprint density at radius 2 is 1.73 bits per heavy atom. The van der Waals surface area contributed by atoms with Gasteiger partial charge in [-0.15, -0.1) is 0 Å². The second-order valence-corrected chi connectivity index (χ2v) is 12.0. The molecule has 1 aliphatic heterocycles. The van der Waals surface area contributed by atoms with Crippen LogP contribution in [0.2, 0.25) is 0 Å². The third-order valence-electron chi connectivity index (χ3n) is 7.90. The van der Waals surface area contributed by atoms with E-state index in [9.17, 15) is 9.59 Å². The Balaban J connectivity index is 1.17. The van der Waals surface area contributed by atoms with E-state index in [1.54, 1.807) is 19.1 Å². The Kier molecular flexibility index (Phi) is 7.42. The van der Waals surface area contributed by atoms with Gasteiger partial charge in [0.1, 0.15) is 24.0 Å². The largest absolute Gasteiger partial charge is 0.495 e. The Morgan fingerprint density at radius 1 is 0.956 bits per heavy atom. The average Bonchev–Trinajstić information content (AvgIpc) is 3.82. The van der Waals surface area contributed by atoms with Crippen LogP contribution in [-0.2, 0) is 9.59 Å². The molecule has 12 heteroatoms. The lowest BCUT2D eigenvalue weighted by Gasteiger charge is -2.38. The van der Waals surface area contributed by atoms with Crippen molar-refractivity contribution >= 4 is 60.9 Å². The summed E-state index contributed by atoms with van der Waals surface area (Å²) in [5.74, 6) is 2.32. The van der Waals surface area contributed by atoms with Crippen molar-refractivity contribution < 1.29 is 23.8 Å². The van der Waals surface area contributed by atoms with Gasteiger partial charge in [-0.25, -0.2) is 15.0 Å². The molecule has 2 amide bonds. The molecule has 0 unspecified atom stereocenters. The number of hydrogen-bond acceptors (Lipinski definition) is 10. The molecule has 0 bridgehead atoms. The number of anilines is 3. The number of nitrogens with zero attached hydrogens (tertiary/aromatic N) is 4. The number of fused-ring (bicyclic) bond motifs is 2. The van der Waals surface area contributed by atoms with E-state index in [0.717, 1.165) is 39.6 Å². The highest BCUT2D eigenvalue weighted by Crippen LogP contribution is 2.39. The highest BCUT2D eigenvalue weighted by molar-refractivity contribution is 7.22. The topological polar surface area (TPSA) is 128 Å². The Morgan fingerprint density at radius 3 is 2.49 bits per heavy atom. The Bertz CT molecular complexity index is 1970. The molecule has 1 saturated carbocycles. The van der Waals surface area contributed by atoms with Crippen LogP contribution >= 0.6 is 11.3 Å². The van der Waals surface area contributed by atoms with Gasteiger partial charge in [-0.05, 0) is 60.4 Å². The van der Waals surface area contributed by atoms with Crippen molar-refractivity contribution in [1.29, 1.82) is 0 Å². The van der Waals surface area contributed by atoms with E-state index in [2.05, 4.69) is 38.2 Å². The number of likely N-dealkylation sites (tertiary alicyclic amines) is 1. The lowest BCUT2D eigenvalue weighted by Crippen LogP contribution is -2.55. The molecular formula is C33H30N6O5S. The molecule has 5 aromatic rings. The fourth-order valence-corrected chi connectivity index (χ4v) is 6.15. The van der Waals surface area contributed by atoms with Crippen LogP contribution in [0.4, 0.5) is 16.6 Å². The molecule has 2 aromatic heterocycles. The summed E-state index contributed by atoms with van der Waals surface area (Å²) in [6.07, 6.45) is 4.52. The zero-order valence-electron chi connectivity index (χ0n) is 24.7. The summed E-state index contributed by atoms with van der Waals surface area (Å²) in [5.41, 5.74) is 4.18. The van der Waals surface area contributed by atoms with Crippen molar-refractivity contribution in [3.05, 3.63) is 67.5 Å². The normalized spacial score (nSPS) is 14.6. The van der Waals surface area contributed by atoms with Gasteiger partial charge >= 0.3 is 0 Å². The number of nitrogens with one attached hydrogen (secondary N) is 2. The quantitative estimate of drug-likeness (QED) is 0.186. The standard InChI is InChI=1S/C33H30N6O5S/c1-4-30(40)39-15-21(16-39)44-28-13-22-24(14-27(28)43-3)34-17-35-31(22)36-25-11-19(8-10-26(25)42-2)20-7-9-23-29(12-20)45-33(37-23)38-32(41)18-5-6-18/h4,7-14,17-18,21H,1,5-6,15-16H2,2-3H3,(H,34,35,36)(H,37,38,41). The van der Waals surface area contributed by atoms with Crippen LogP contribution in [0, 0.1) is 5.92 Å². The van der Waals surface area contributed by atoms with E-state index in [0.29, 0.717) is 52.5 Å². The summed E-state index contributed by atoms with van der Waals surface area (Å²) < 4.78 is 18.5. The summed E-state index contributed by atoms with van der Waals surface area (Å²) in [6, 6.07) is 15.6.